The minimum atomic E-state index is -0.267. The van der Waals surface area contributed by atoms with Gasteiger partial charge in [0.1, 0.15) is 11.6 Å². The van der Waals surface area contributed by atoms with E-state index >= 15 is 0 Å². The largest absolute Gasteiger partial charge is 0.383 e. The maximum atomic E-state index is 11.9. The van der Waals surface area contributed by atoms with Gasteiger partial charge in [-0.3, -0.25) is 4.79 Å². The zero-order chi connectivity index (χ0) is 13.1. The van der Waals surface area contributed by atoms with Crippen molar-refractivity contribution in [1.29, 1.82) is 5.26 Å². The van der Waals surface area contributed by atoms with E-state index in [0.717, 1.165) is 42.5 Å². The summed E-state index contributed by atoms with van der Waals surface area (Å²) in [5, 5.41) is 9.09. The first-order chi connectivity index (χ1) is 8.63. The first kappa shape index (κ1) is 12.4. The second-order valence-electron chi connectivity index (χ2n) is 4.80. The number of aromatic nitrogens is 1. The van der Waals surface area contributed by atoms with E-state index in [2.05, 4.69) is 4.98 Å². The summed E-state index contributed by atoms with van der Waals surface area (Å²) >= 11 is 0. The summed E-state index contributed by atoms with van der Waals surface area (Å²) < 4.78 is 0. The second-order valence-corrected chi connectivity index (χ2v) is 4.80. The van der Waals surface area contributed by atoms with Crippen molar-refractivity contribution in [2.45, 2.75) is 25.7 Å². The van der Waals surface area contributed by atoms with Crippen molar-refractivity contribution >= 4 is 6.08 Å². The highest BCUT2D eigenvalue weighted by Crippen LogP contribution is 2.25. The van der Waals surface area contributed by atoms with Gasteiger partial charge in [0.05, 0.1) is 0 Å². The van der Waals surface area contributed by atoms with Gasteiger partial charge < -0.3 is 9.88 Å². The molecule has 0 aromatic carbocycles. The Balaban J connectivity index is 2.59. The third kappa shape index (κ3) is 2.30. The molecule has 0 bridgehead atoms. The molecule has 0 fully saturated rings. The number of rotatable bonds is 2. The molecule has 0 unspecified atom stereocenters. The van der Waals surface area contributed by atoms with Crippen LogP contribution < -0.4 is 5.56 Å². The van der Waals surface area contributed by atoms with Crippen LogP contribution in [0, 0.1) is 11.3 Å². The topological polar surface area (TPSA) is 59.9 Å². The van der Waals surface area contributed by atoms with Crippen molar-refractivity contribution in [2.75, 3.05) is 14.1 Å². The Morgan fingerprint density at radius 1 is 1.28 bits per heavy atom. The third-order valence-electron chi connectivity index (χ3n) is 3.22. The molecular weight excluding hydrogens is 226 g/mol. The molecule has 4 heteroatoms. The van der Waals surface area contributed by atoms with Gasteiger partial charge in [0.2, 0.25) is 0 Å². The summed E-state index contributed by atoms with van der Waals surface area (Å²) in [6.45, 7) is 0. The number of pyridine rings is 1. The highest BCUT2D eigenvalue weighted by atomic mass is 16.1. The first-order valence-corrected chi connectivity index (χ1v) is 6.16. The number of aromatic amines is 1. The molecule has 0 saturated carbocycles. The van der Waals surface area contributed by atoms with Crippen LogP contribution in [-0.2, 0) is 12.8 Å². The highest BCUT2D eigenvalue weighted by Gasteiger charge is 2.19. The SMILES string of the molecule is CN(C)/C=C/c1[nH]c(=O)c(C#N)c2c1CCCC2. The van der Waals surface area contributed by atoms with Crippen LogP contribution in [-0.4, -0.2) is 24.0 Å². The number of H-pyrrole nitrogens is 1. The number of nitriles is 1. The van der Waals surface area contributed by atoms with Gasteiger partial charge in [0.25, 0.3) is 5.56 Å². The fourth-order valence-electron chi connectivity index (χ4n) is 2.36. The summed E-state index contributed by atoms with van der Waals surface area (Å²) in [4.78, 5) is 16.6. The molecule has 0 atom stereocenters. The lowest BCUT2D eigenvalue weighted by molar-refractivity contribution is 0.567. The Bertz CT molecular complexity index is 576. The lowest BCUT2D eigenvalue weighted by atomic mass is 9.88. The van der Waals surface area contributed by atoms with Gasteiger partial charge in [0.15, 0.2) is 0 Å². The Morgan fingerprint density at radius 2 is 1.94 bits per heavy atom. The van der Waals surface area contributed by atoms with Crippen molar-refractivity contribution in [3.8, 4) is 6.07 Å². The van der Waals surface area contributed by atoms with E-state index in [4.69, 9.17) is 5.26 Å². The lowest BCUT2D eigenvalue weighted by Crippen LogP contribution is -2.20. The second kappa shape index (κ2) is 5.09. The fourth-order valence-corrected chi connectivity index (χ4v) is 2.36. The van der Waals surface area contributed by atoms with Crippen LogP contribution in [0.25, 0.3) is 6.08 Å². The van der Waals surface area contributed by atoms with E-state index in [0.29, 0.717) is 5.56 Å². The Kier molecular flexibility index (Phi) is 3.52. The van der Waals surface area contributed by atoms with E-state index < -0.39 is 0 Å². The molecule has 4 nitrogen and oxygen atoms in total. The summed E-state index contributed by atoms with van der Waals surface area (Å²) in [5.74, 6) is 0. The molecule has 1 aliphatic rings. The van der Waals surface area contributed by atoms with Crippen molar-refractivity contribution in [3.05, 3.63) is 38.9 Å². The monoisotopic (exact) mass is 243 g/mol. The third-order valence-corrected chi connectivity index (χ3v) is 3.22. The number of nitrogens with zero attached hydrogens (tertiary/aromatic N) is 2. The number of hydrogen-bond donors (Lipinski definition) is 1. The molecule has 0 radical (unpaired) electrons. The van der Waals surface area contributed by atoms with Crippen LogP contribution in [0.5, 0.6) is 0 Å². The molecule has 2 rings (SSSR count). The number of fused-ring (bicyclic) bond motifs is 1. The molecule has 0 amide bonds. The van der Waals surface area contributed by atoms with Gasteiger partial charge in [-0.15, -0.1) is 0 Å². The summed E-state index contributed by atoms with van der Waals surface area (Å²) in [6.07, 6.45) is 7.77. The van der Waals surface area contributed by atoms with Gasteiger partial charge in [-0.2, -0.15) is 5.26 Å². The van der Waals surface area contributed by atoms with E-state index in [1.165, 1.54) is 0 Å². The first-order valence-electron chi connectivity index (χ1n) is 6.16. The molecule has 0 aliphatic heterocycles. The molecule has 1 heterocycles. The Morgan fingerprint density at radius 3 is 2.56 bits per heavy atom. The molecule has 94 valence electrons. The minimum Gasteiger partial charge on any atom is -0.383 e. The lowest BCUT2D eigenvalue weighted by Gasteiger charge is -2.18. The van der Waals surface area contributed by atoms with Crippen molar-refractivity contribution in [2.24, 2.45) is 0 Å². The van der Waals surface area contributed by atoms with Crippen LogP contribution in [0.4, 0.5) is 0 Å². The van der Waals surface area contributed by atoms with Crippen LogP contribution in [0.15, 0.2) is 11.0 Å². The Hall–Kier alpha value is -2.02. The molecule has 1 aromatic rings. The molecule has 18 heavy (non-hydrogen) atoms. The van der Waals surface area contributed by atoms with E-state index in [1.807, 2.05) is 37.3 Å². The van der Waals surface area contributed by atoms with Gasteiger partial charge in [0, 0.05) is 26.0 Å². The van der Waals surface area contributed by atoms with E-state index in [-0.39, 0.29) is 5.56 Å². The predicted molar refractivity (Wildman–Crippen MR) is 71.1 cm³/mol. The average molecular weight is 243 g/mol. The standard InChI is InChI=1S/C14H17N3O/c1-17(2)8-7-13-11-6-4-3-5-10(11)12(9-15)14(18)16-13/h7-8H,3-6H2,1-2H3,(H,16,18)/b8-7+. The average Bonchev–Trinajstić information content (AvgIpc) is 2.36. The molecule has 1 aromatic heterocycles. The highest BCUT2D eigenvalue weighted by molar-refractivity contribution is 5.55. The quantitative estimate of drug-likeness (QED) is 0.859. The summed E-state index contributed by atoms with van der Waals surface area (Å²) in [7, 11) is 3.87. The minimum absolute atomic E-state index is 0.267. The Labute approximate surface area is 107 Å². The van der Waals surface area contributed by atoms with Gasteiger partial charge >= 0.3 is 0 Å². The summed E-state index contributed by atoms with van der Waals surface area (Å²) in [5.41, 5.74) is 2.96. The zero-order valence-corrected chi connectivity index (χ0v) is 10.8. The van der Waals surface area contributed by atoms with Crippen LogP contribution >= 0.6 is 0 Å². The molecule has 0 spiro atoms. The van der Waals surface area contributed by atoms with Crippen LogP contribution in [0.2, 0.25) is 0 Å². The molecule has 0 saturated heterocycles. The molecule has 1 N–H and O–H groups in total. The van der Waals surface area contributed by atoms with Crippen molar-refractivity contribution in [1.82, 2.24) is 9.88 Å². The zero-order valence-electron chi connectivity index (χ0n) is 10.8. The van der Waals surface area contributed by atoms with Crippen LogP contribution in [0.3, 0.4) is 0 Å². The fraction of sp³-hybridized carbons (Fsp3) is 0.429. The normalized spacial score (nSPS) is 14.3. The van der Waals surface area contributed by atoms with Gasteiger partial charge in [-0.25, -0.2) is 0 Å². The maximum Gasteiger partial charge on any atom is 0.266 e. The number of nitrogens with one attached hydrogen (secondary N) is 1. The van der Waals surface area contributed by atoms with Gasteiger partial charge in [-0.05, 0) is 42.9 Å². The van der Waals surface area contributed by atoms with Crippen molar-refractivity contribution < 1.29 is 0 Å². The van der Waals surface area contributed by atoms with Crippen LogP contribution in [0.1, 0.15) is 35.2 Å². The van der Waals surface area contributed by atoms with Gasteiger partial charge in [-0.1, -0.05) is 0 Å². The molecule has 1 aliphatic carbocycles. The number of hydrogen-bond acceptors (Lipinski definition) is 3. The van der Waals surface area contributed by atoms with Crippen molar-refractivity contribution in [3.63, 3.8) is 0 Å². The maximum absolute atomic E-state index is 11.9. The van der Waals surface area contributed by atoms with E-state index in [1.54, 1.807) is 0 Å². The molecular formula is C14H17N3O. The predicted octanol–water partition coefficient (Wildman–Crippen LogP) is 1.66. The van der Waals surface area contributed by atoms with E-state index in [9.17, 15) is 4.79 Å². The smallest absolute Gasteiger partial charge is 0.266 e. The summed E-state index contributed by atoms with van der Waals surface area (Å²) in [6, 6.07) is 2.04.